The van der Waals surface area contributed by atoms with Crippen LogP contribution in [-0.4, -0.2) is 59.6 Å². The highest BCUT2D eigenvalue weighted by atomic mass is 19.1. The Bertz CT molecular complexity index is 686. The van der Waals surface area contributed by atoms with E-state index in [0.29, 0.717) is 38.2 Å². The number of carbonyl (C=O) groups excluding carboxylic acids is 1. The SMILES string of the molecule is COc1ccc(F)cc1CN1CCC2(CC1)[C@H](C(=O)O)CC(=O)N2C. The number of amides is 1. The molecular formula is C18H23FN2O4. The molecule has 2 saturated heterocycles. The van der Waals surface area contributed by atoms with Crippen molar-refractivity contribution in [3.05, 3.63) is 29.6 Å². The van der Waals surface area contributed by atoms with Crippen LogP contribution in [0.2, 0.25) is 0 Å². The lowest BCUT2D eigenvalue weighted by molar-refractivity contribution is -0.146. The zero-order valence-corrected chi connectivity index (χ0v) is 14.5. The van der Waals surface area contributed by atoms with E-state index in [1.165, 1.54) is 12.1 Å². The Morgan fingerprint density at radius 3 is 2.68 bits per heavy atom. The molecule has 1 atom stereocenters. The normalized spacial score (nSPS) is 23.2. The quantitative estimate of drug-likeness (QED) is 0.896. The second-order valence-electron chi connectivity index (χ2n) is 6.88. The van der Waals surface area contributed by atoms with Crippen LogP contribution in [0.3, 0.4) is 0 Å². The van der Waals surface area contributed by atoms with Crippen molar-refractivity contribution in [1.29, 1.82) is 0 Å². The average molecular weight is 350 g/mol. The van der Waals surface area contributed by atoms with Gasteiger partial charge in [0.2, 0.25) is 5.91 Å². The first-order valence-electron chi connectivity index (χ1n) is 8.41. The topological polar surface area (TPSA) is 70.1 Å². The largest absolute Gasteiger partial charge is 0.496 e. The Labute approximate surface area is 146 Å². The molecule has 2 aliphatic heterocycles. The number of methoxy groups -OCH3 is 1. The maximum atomic E-state index is 13.5. The molecule has 6 nitrogen and oxygen atoms in total. The van der Waals surface area contributed by atoms with Gasteiger partial charge in [-0.15, -0.1) is 0 Å². The number of likely N-dealkylation sites (tertiary alicyclic amines) is 2. The molecule has 7 heteroatoms. The first kappa shape index (κ1) is 17.7. The van der Waals surface area contributed by atoms with E-state index in [1.54, 1.807) is 25.1 Å². The van der Waals surface area contributed by atoms with Gasteiger partial charge in [0.25, 0.3) is 0 Å². The summed E-state index contributed by atoms with van der Waals surface area (Å²) in [5.74, 6) is -1.34. The Kier molecular flexibility index (Phi) is 4.69. The van der Waals surface area contributed by atoms with E-state index in [9.17, 15) is 19.1 Å². The summed E-state index contributed by atoms with van der Waals surface area (Å²) in [5.41, 5.74) is 0.162. The number of hydrogen-bond acceptors (Lipinski definition) is 4. The number of rotatable bonds is 4. The number of carboxylic acid groups (broad SMARTS) is 1. The minimum atomic E-state index is -0.905. The summed E-state index contributed by atoms with van der Waals surface area (Å²) in [6.07, 6.45) is 1.28. The van der Waals surface area contributed by atoms with Crippen LogP contribution in [0, 0.1) is 11.7 Å². The van der Waals surface area contributed by atoms with Gasteiger partial charge in [0.05, 0.1) is 18.6 Å². The van der Waals surface area contributed by atoms with E-state index in [2.05, 4.69) is 4.90 Å². The molecule has 136 valence electrons. The van der Waals surface area contributed by atoms with E-state index in [4.69, 9.17) is 4.74 Å². The number of carboxylic acids is 1. The Hall–Kier alpha value is -2.15. The third-order valence-electron chi connectivity index (χ3n) is 5.73. The van der Waals surface area contributed by atoms with Gasteiger partial charge in [-0.05, 0) is 31.0 Å². The van der Waals surface area contributed by atoms with Crippen LogP contribution in [-0.2, 0) is 16.1 Å². The smallest absolute Gasteiger partial charge is 0.309 e. The molecule has 3 rings (SSSR count). The molecule has 0 aromatic heterocycles. The molecule has 25 heavy (non-hydrogen) atoms. The molecular weight excluding hydrogens is 327 g/mol. The number of ether oxygens (including phenoxy) is 1. The zero-order chi connectivity index (χ0) is 18.2. The standard InChI is InChI=1S/C18H23FN2O4/c1-20-16(22)10-14(17(23)24)18(20)5-7-21(8-6-18)11-12-9-13(19)3-4-15(12)25-2/h3-4,9,14H,5-8,10-11H2,1-2H3,(H,23,24)/t14-/m0/s1. The van der Waals surface area contributed by atoms with Gasteiger partial charge >= 0.3 is 5.97 Å². The average Bonchev–Trinajstić information content (AvgIpc) is 2.83. The fourth-order valence-electron chi connectivity index (χ4n) is 4.19. The maximum absolute atomic E-state index is 13.5. The van der Waals surface area contributed by atoms with Crippen LogP contribution in [0.5, 0.6) is 5.75 Å². The number of aliphatic carboxylic acids is 1. The Morgan fingerprint density at radius 2 is 2.08 bits per heavy atom. The summed E-state index contributed by atoms with van der Waals surface area (Å²) >= 11 is 0. The van der Waals surface area contributed by atoms with Gasteiger partial charge in [-0.3, -0.25) is 14.5 Å². The first-order valence-corrected chi connectivity index (χ1v) is 8.41. The monoisotopic (exact) mass is 350 g/mol. The number of hydrogen-bond donors (Lipinski definition) is 1. The molecule has 1 aromatic carbocycles. The number of halogens is 1. The summed E-state index contributed by atoms with van der Waals surface area (Å²) in [6.45, 7) is 1.84. The van der Waals surface area contributed by atoms with Crippen LogP contribution in [0.25, 0.3) is 0 Å². The van der Waals surface area contributed by atoms with Crippen molar-refractivity contribution in [2.45, 2.75) is 31.3 Å². The third kappa shape index (κ3) is 3.08. The first-order chi connectivity index (χ1) is 11.9. The van der Waals surface area contributed by atoms with Gasteiger partial charge in [0.15, 0.2) is 0 Å². The summed E-state index contributed by atoms with van der Waals surface area (Å²) < 4.78 is 18.8. The van der Waals surface area contributed by atoms with Gasteiger partial charge in [0.1, 0.15) is 11.6 Å². The van der Waals surface area contributed by atoms with Crippen LogP contribution >= 0.6 is 0 Å². The molecule has 1 amide bonds. The van der Waals surface area contributed by atoms with Gasteiger partial charge in [0, 0.05) is 38.7 Å². The van der Waals surface area contributed by atoms with Crippen molar-refractivity contribution >= 4 is 11.9 Å². The molecule has 1 aromatic rings. The zero-order valence-electron chi connectivity index (χ0n) is 14.5. The molecule has 1 N–H and O–H groups in total. The van der Waals surface area contributed by atoms with Crippen LogP contribution < -0.4 is 4.74 Å². The van der Waals surface area contributed by atoms with Crippen LogP contribution in [0.4, 0.5) is 4.39 Å². The summed E-state index contributed by atoms with van der Waals surface area (Å²) in [7, 11) is 3.26. The van der Waals surface area contributed by atoms with E-state index in [1.807, 2.05) is 0 Å². The summed E-state index contributed by atoms with van der Waals surface area (Å²) in [6, 6.07) is 4.44. The summed E-state index contributed by atoms with van der Waals surface area (Å²) in [5, 5.41) is 9.52. The fraction of sp³-hybridized carbons (Fsp3) is 0.556. The molecule has 2 aliphatic rings. The number of carbonyl (C=O) groups is 2. The Morgan fingerprint density at radius 1 is 1.40 bits per heavy atom. The molecule has 2 fully saturated rings. The Balaban J connectivity index is 1.73. The van der Waals surface area contributed by atoms with Gasteiger partial charge < -0.3 is 14.7 Å². The van der Waals surface area contributed by atoms with E-state index in [-0.39, 0.29) is 18.1 Å². The van der Waals surface area contributed by atoms with Gasteiger partial charge in [-0.1, -0.05) is 0 Å². The van der Waals surface area contributed by atoms with Crippen molar-refractivity contribution in [2.24, 2.45) is 5.92 Å². The maximum Gasteiger partial charge on any atom is 0.309 e. The molecule has 1 spiro atoms. The van der Waals surface area contributed by atoms with Crippen LogP contribution in [0.15, 0.2) is 18.2 Å². The van der Waals surface area contributed by atoms with E-state index >= 15 is 0 Å². The van der Waals surface area contributed by atoms with Crippen molar-refractivity contribution in [3.8, 4) is 5.75 Å². The van der Waals surface area contributed by atoms with Crippen molar-refractivity contribution in [2.75, 3.05) is 27.2 Å². The molecule has 0 unspecified atom stereocenters. The number of nitrogens with zero attached hydrogens (tertiary/aromatic N) is 2. The highest BCUT2D eigenvalue weighted by Gasteiger charge is 2.55. The third-order valence-corrected chi connectivity index (χ3v) is 5.73. The lowest BCUT2D eigenvalue weighted by Crippen LogP contribution is -2.55. The molecule has 0 radical (unpaired) electrons. The van der Waals surface area contributed by atoms with Crippen LogP contribution in [0.1, 0.15) is 24.8 Å². The highest BCUT2D eigenvalue weighted by Crippen LogP contribution is 2.43. The molecule has 2 heterocycles. The van der Waals surface area contributed by atoms with E-state index < -0.39 is 17.4 Å². The second-order valence-corrected chi connectivity index (χ2v) is 6.88. The molecule has 0 bridgehead atoms. The number of benzene rings is 1. The predicted molar refractivity (Wildman–Crippen MR) is 88.7 cm³/mol. The molecule has 0 saturated carbocycles. The lowest BCUT2D eigenvalue weighted by atomic mass is 9.77. The van der Waals surface area contributed by atoms with Crippen molar-refractivity contribution in [1.82, 2.24) is 9.80 Å². The lowest BCUT2D eigenvalue weighted by Gasteiger charge is -2.45. The second kappa shape index (κ2) is 6.63. The van der Waals surface area contributed by atoms with Gasteiger partial charge in [-0.25, -0.2) is 4.39 Å². The predicted octanol–water partition coefficient (Wildman–Crippen LogP) is 1.73. The van der Waals surface area contributed by atoms with Crippen molar-refractivity contribution in [3.63, 3.8) is 0 Å². The minimum Gasteiger partial charge on any atom is -0.496 e. The minimum absolute atomic E-state index is 0.0730. The van der Waals surface area contributed by atoms with Gasteiger partial charge in [-0.2, -0.15) is 0 Å². The fourth-order valence-corrected chi connectivity index (χ4v) is 4.19. The van der Waals surface area contributed by atoms with Crippen molar-refractivity contribution < 1.29 is 23.8 Å². The van der Waals surface area contributed by atoms with E-state index in [0.717, 1.165) is 5.56 Å². The molecule has 0 aliphatic carbocycles. The summed E-state index contributed by atoms with van der Waals surface area (Å²) in [4.78, 5) is 27.4. The number of piperidine rings is 1. The highest BCUT2D eigenvalue weighted by molar-refractivity contribution is 5.88.